The molecule has 3 aromatic carbocycles. The van der Waals surface area contributed by atoms with Crippen molar-refractivity contribution < 1.29 is 22.7 Å². The predicted molar refractivity (Wildman–Crippen MR) is 153 cm³/mol. The van der Waals surface area contributed by atoms with E-state index in [-0.39, 0.29) is 29.1 Å². The molecule has 8 nitrogen and oxygen atoms in total. The van der Waals surface area contributed by atoms with E-state index < -0.39 is 28.5 Å². The number of methoxy groups -OCH3 is 1. The fourth-order valence-electron chi connectivity index (χ4n) is 4.19. The zero-order chi connectivity index (χ0) is 28.7. The standard InChI is InChI=1S/C30H37N3O5S/c1-21(2)31-30(35)24(5)32(19-25-13-11-10-12-23(25)4)29(34)20-33(27-18-22(3)16-17-28(27)38-6)39(36,37)26-14-8-7-9-15-26/h7-18,21,24H,19-20H2,1-6H3,(H,31,35)/t24-/m0/s1. The molecule has 2 amide bonds. The van der Waals surface area contributed by atoms with E-state index in [4.69, 9.17) is 4.74 Å². The van der Waals surface area contributed by atoms with Gasteiger partial charge in [0.15, 0.2) is 0 Å². The van der Waals surface area contributed by atoms with E-state index in [1.165, 1.54) is 24.1 Å². The third kappa shape index (κ3) is 7.17. The maximum atomic E-state index is 14.0. The van der Waals surface area contributed by atoms with E-state index in [1.807, 2.05) is 52.0 Å². The van der Waals surface area contributed by atoms with E-state index in [0.29, 0.717) is 5.75 Å². The van der Waals surface area contributed by atoms with Crippen molar-refractivity contribution in [1.82, 2.24) is 10.2 Å². The zero-order valence-electron chi connectivity index (χ0n) is 23.3. The van der Waals surface area contributed by atoms with Gasteiger partial charge in [-0.3, -0.25) is 13.9 Å². The van der Waals surface area contributed by atoms with Crippen molar-refractivity contribution in [2.45, 2.75) is 58.1 Å². The van der Waals surface area contributed by atoms with Crippen LogP contribution in [0.1, 0.15) is 37.5 Å². The minimum atomic E-state index is -4.17. The van der Waals surface area contributed by atoms with Crippen molar-refractivity contribution >= 4 is 27.5 Å². The van der Waals surface area contributed by atoms with Crippen LogP contribution in [0.15, 0.2) is 77.7 Å². The number of rotatable bonds is 11. The topological polar surface area (TPSA) is 96.0 Å². The number of nitrogens with one attached hydrogen (secondary N) is 1. The normalized spacial score (nSPS) is 12.1. The van der Waals surface area contributed by atoms with Crippen LogP contribution in [0.25, 0.3) is 0 Å². The van der Waals surface area contributed by atoms with Gasteiger partial charge >= 0.3 is 0 Å². The Morgan fingerprint density at radius 3 is 2.18 bits per heavy atom. The van der Waals surface area contributed by atoms with Crippen LogP contribution in [0.3, 0.4) is 0 Å². The lowest BCUT2D eigenvalue weighted by Gasteiger charge is -2.33. The number of carbonyl (C=O) groups is 2. The quantitative estimate of drug-likeness (QED) is 0.380. The number of aryl methyl sites for hydroxylation is 2. The van der Waals surface area contributed by atoms with Crippen molar-refractivity contribution in [3.63, 3.8) is 0 Å². The van der Waals surface area contributed by atoms with Crippen LogP contribution >= 0.6 is 0 Å². The number of sulfonamides is 1. The van der Waals surface area contributed by atoms with E-state index >= 15 is 0 Å². The first-order valence-corrected chi connectivity index (χ1v) is 14.3. The van der Waals surface area contributed by atoms with E-state index in [9.17, 15) is 18.0 Å². The van der Waals surface area contributed by atoms with Crippen molar-refractivity contribution in [3.8, 4) is 5.75 Å². The number of carbonyl (C=O) groups excluding carboxylic acids is 2. The molecule has 208 valence electrons. The molecule has 0 saturated heterocycles. The lowest BCUT2D eigenvalue weighted by Crippen LogP contribution is -2.52. The average molecular weight is 552 g/mol. The second-order valence-electron chi connectivity index (χ2n) is 9.79. The first kappa shape index (κ1) is 29.7. The number of amides is 2. The maximum absolute atomic E-state index is 14.0. The molecule has 0 unspecified atom stereocenters. The van der Waals surface area contributed by atoms with E-state index in [2.05, 4.69) is 5.32 Å². The lowest BCUT2D eigenvalue weighted by molar-refractivity contribution is -0.139. The average Bonchev–Trinajstić information content (AvgIpc) is 2.90. The van der Waals surface area contributed by atoms with Gasteiger partial charge in [0.25, 0.3) is 10.0 Å². The highest BCUT2D eigenvalue weighted by atomic mass is 32.2. The molecule has 0 bridgehead atoms. The van der Waals surface area contributed by atoms with Crippen LogP contribution in [0, 0.1) is 13.8 Å². The van der Waals surface area contributed by atoms with E-state index in [0.717, 1.165) is 21.0 Å². The molecule has 1 N–H and O–H groups in total. The Bertz CT molecular complexity index is 1410. The van der Waals surface area contributed by atoms with Gasteiger partial charge in [0.1, 0.15) is 18.3 Å². The molecule has 3 aromatic rings. The van der Waals surface area contributed by atoms with Gasteiger partial charge in [-0.2, -0.15) is 0 Å². The SMILES string of the molecule is COc1ccc(C)cc1N(CC(=O)N(Cc1ccccc1C)[C@@H](C)C(=O)NC(C)C)S(=O)(=O)c1ccccc1. The Morgan fingerprint density at radius 2 is 1.56 bits per heavy atom. The Labute approximate surface area is 231 Å². The molecule has 0 aliphatic heterocycles. The smallest absolute Gasteiger partial charge is 0.264 e. The van der Waals surface area contributed by atoms with Crippen LogP contribution in [-0.4, -0.2) is 50.9 Å². The third-order valence-corrected chi connectivity index (χ3v) is 8.19. The van der Waals surface area contributed by atoms with E-state index in [1.54, 1.807) is 43.3 Å². The van der Waals surface area contributed by atoms with Crippen molar-refractivity contribution in [2.75, 3.05) is 18.0 Å². The maximum Gasteiger partial charge on any atom is 0.264 e. The highest BCUT2D eigenvalue weighted by Crippen LogP contribution is 2.33. The largest absolute Gasteiger partial charge is 0.495 e. The van der Waals surface area contributed by atoms with Crippen LogP contribution < -0.4 is 14.4 Å². The number of hydrogen-bond acceptors (Lipinski definition) is 5. The van der Waals surface area contributed by atoms with Gasteiger partial charge in [0, 0.05) is 12.6 Å². The summed E-state index contributed by atoms with van der Waals surface area (Å²) in [6, 6.07) is 19.7. The van der Waals surface area contributed by atoms with Gasteiger partial charge in [-0.15, -0.1) is 0 Å². The fraction of sp³-hybridized carbons (Fsp3) is 0.333. The second kappa shape index (κ2) is 12.8. The molecule has 3 rings (SSSR count). The van der Waals surface area contributed by atoms with Crippen molar-refractivity contribution in [2.24, 2.45) is 0 Å². The van der Waals surface area contributed by atoms with Crippen molar-refractivity contribution in [3.05, 3.63) is 89.5 Å². The summed E-state index contributed by atoms with van der Waals surface area (Å²) < 4.78 is 34.5. The minimum absolute atomic E-state index is 0.0393. The number of ether oxygens (including phenoxy) is 1. The first-order valence-electron chi connectivity index (χ1n) is 12.8. The highest BCUT2D eigenvalue weighted by molar-refractivity contribution is 7.92. The number of nitrogens with zero attached hydrogens (tertiary/aromatic N) is 2. The molecule has 0 aromatic heterocycles. The molecule has 0 heterocycles. The monoisotopic (exact) mass is 551 g/mol. The zero-order valence-corrected chi connectivity index (χ0v) is 24.2. The Morgan fingerprint density at radius 1 is 0.923 bits per heavy atom. The summed E-state index contributed by atoms with van der Waals surface area (Å²) in [7, 11) is -2.72. The summed E-state index contributed by atoms with van der Waals surface area (Å²) in [6.45, 7) is 8.72. The molecular formula is C30H37N3O5S. The summed E-state index contributed by atoms with van der Waals surface area (Å²) in [4.78, 5) is 28.5. The molecule has 0 aliphatic rings. The number of anilines is 1. The Balaban J connectivity index is 2.10. The minimum Gasteiger partial charge on any atom is -0.495 e. The van der Waals surface area contributed by atoms with Crippen molar-refractivity contribution in [1.29, 1.82) is 0 Å². The van der Waals surface area contributed by atoms with Gasteiger partial charge in [-0.25, -0.2) is 8.42 Å². The summed E-state index contributed by atoms with van der Waals surface area (Å²) in [5, 5.41) is 2.86. The molecule has 9 heteroatoms. The summed E-state index contributed by atoms with van der Waals surface area (Å²) >= 11 is 0. The van der Waals surface area contributed by atoms with Crippen LogP contribution in [0.2, 0.25) is 0 Å². The Hall–Kier alpha value is -3.85. The molecule has 0 saturated carbocycles. The molecular weight excluding hydrogens is 514 g/mol. The molecule has 39 heavy (non-hydrogen) atoms. The molecule has 0 spiro atoms. The van der Waals surface area contributed by atoms with Gasteiger partial charge in [-0.1, -0.05) is 48.5 Å². The summed E-state index contributed by atoms with van der Waals surface area (Å²) in [5.41, 5.74) is 2.86. The number of benzene rings is 3. The molecule has 0 aliphatic carbocycles. The van der Waals surface area contributed by atoms with Crippen LogP contribution in [0.5, 0.6) is 5.75 Å². The summed E-state index contributed by atoms with van der Waals surface area (Å²) in [6.07, 6.45) is 0. The third-order valence-electron chi connectivity index (χ3n) is 6.41. The molecule has 0 radical (unpaired) electrons. The lowest BCUT2D eigenvalue weighted by atomic mass is 10.1. The number of hydrogen-bond donors (Lipinski definition) is 1. The highest BCUT2D eigenvalue weighted by Gasteiger charge is 2.34. The first-order chi connectivity index (χ1) is 18.4. The second-order valence-corrected chi connectivity index (χ2v) is 11.6. The predicted octanol–water partition coefficient (Wildman–Crippen LogP) is 4.45. The molecule has 1 atom stereocenters. The summed E-state index contributed by atoms with van der Waals surface area (Å²) in [5.74, 6) is -0.533. The van der Waals surface area contributed by atoms with Crippen LogP contribution in [0.4, 0.5) is 5.69 Å². The van der Waals surface area contributed by atoms with Gasteiger partial charge < -0.3 is 15.0 Å². The van der Waals surface area contributed by atoms with Gasteiger partial charge in [0.05, 0.1) is 17.7 Å². The van der Waals surface area contributed by atoms with Gasteiger partial charge in [-0.05, 0) is 75.6 Å². The Kier molecular flexibility index (Phi) is 9.75. The molecule has 0 fully saturated rings. The fourth-order valence-corrected chi connectivity index (χ4v) is 5.62. The van der Waals surface area contributed by atoms with Gasteiger partial charge in [0.2, 0.25) is 11.8 Å². The van der Waals surface area contributed by atoms with Crippen LogP contribution in [-0.2, 0) is 26.2 Å².